The zero-order valence-corrected chi connectivity index (χ0v) is 18.0. The van der Waals surface area contributed by atoms with Crippen molar-refractivity contribution in [3.8, 4) is 5.75 Å². The second-order valence-electron chi connectivity index (χ2n) is 7.33. The van der Waals surface area contributed by atoms with Gasteiger partial charge in [-0.05, 0) is 31.0 Å². The number of phenols is 1. The van der Waals surface area contributed by atoms with Crippen LogP contribution in [0.4, 0.5) is 0 Å². The molecule has 0 aliphatic rings. The van der Waals surface area contributed by atoms with Gasteiger partial charge < -0.3 is 42.7 Å². The normalized spacial score (nSPS) is 14.3. The minimum Gasteiger partial charge on any atom is -0.508 e. The van der Waals surface area contributed by atoms with Crippen molar-refractivity contribution in [3.05, 3.63) is 29.8 Å². The molecule has 0 saturated heterocycles. The van der Waals surface area contributed by atoms with Gasteiger partial charge in [-0.1, -0.05) is 12.1 Å². The molecule has 4 amide bonds. The number of rotatable bonds is 13. The summed E-state index contributed by atoms with van der Waals surface area (Å²) in [6, 6.07) is 1.50. The molecular formula is C20H29N5O8. The highest BCUT2D eigenvalue weighted by Gasteiger charge is 2.31. The number of amides is 4. The lowest BCUT2D eigenvalue weighted by Gasteiger charge is -2.25. The van der Waals surface area contributed by atoms with E-state index in [1.807, 2.05) is 0 Å². The van der Waals surface area contributed by atoms with Crippen LogP contribution in [-0.4, -0.2) is 75.7 Å². The van der Waals surface area contributed by atoms with E-state index in [1.54, 1.807) is 0 Å². The molecule has 13 heteroatoms. The highest BCUT2D eigenvalue weighted by molar-refractivity contribution is 5.94. The van der Waals surface area contributed by atoms with E-state index in [9.17, 15) is 39.3 Å². The van der Waals surface area contributed by atoms with Crippen molar-refractivity contribution in [2.45, 2.75) is 50.4 Å². The Morgan fingerprint density at radius 1 is 0.970 bits per heavy atom. The van der Waals surface area contributed by atoms with Gasteiger partial charge in [-0.3, -0.25) is 19.2 Å². The van der Waals surface area contributed by atoms with Gasteiger partial charge in [0.25, 0.3) is 0 Å². The summed E-state index contributed by atoms with van der Waals surface area (Å²) in [4.78, 5) is 59.8. The Kier molecular flexibility index (Phi) is 10.7. The van der Waals surface area contributed by atoms with Gasteiger partial charge in [-0.15, -0.1) is 0 Å². The molecule has 1 aromatic rings. The number of carboxylic acids is 1. The molecule has 182 valence electrons. The largest absolute Gasteiger partial charge is 0.508 e. The van der Waals surface area contributed by atoms with Gasteiger partial charge in [0.1, 0.15) is 17.8 Å². The smallest absolute Gasteiger partial charge is 0.328 e. The standard InChI is InChI=1S/C20H29N5O8/c1-10(26)17(20(32)33)25-19(31)14(8-11-2-4-12(27)5-3-11)24-18(30)13(6-7-15(22)28)23-16(29)9-21/h2-5,10,13-14,17,26-27H,6-9,21H2,1H3,(H2,22,28)(H,23,29)(H,24,30)(H,25,31)(H,32,33). The summed E-state index contributed by atoms with van der Waals surface area (Å²) in [6.45, 7) is 0.751. The number of primary amides is 1. The first-order valence-corrected chi connectivity index (χ1v) is 10.0. The van der Waals surface area contributed by atoms with Crippen LogP contribution in [0.2, 0.25) is 0 Å². The second-order valence-corrected chi connectivity index (χ2v) is 7.33. The number of aliphatic hydroxyl groups is 1. The van der Waals surface area contributed by atoms with Crippen molar-refractivity contribution in [1.82, 2.24) is 16.0 Å². The third-order valence-corrected chi connectivity index (χ3v) is 4.57. The average molecular weight is 467 g/mol. The van der Waals surface area contributed by atoms with Crippen molar-refractivity contribution in [2.24, 2.45) is 11.5 Å². The summed E-state index contributed by atoms with van der Waals surface area (Å²) in [7, 11) is 0. The summed E-state index contributed by atoms with van der Waals surface area (Å²) in [5.74, 6) is -4.65. The monoisotopic (exact) mass is 467 g/mol. The summed E-state index contributed by atoms with van der Waals surface area (Å²) >= 11 is 0. The van der Waals surface area contributed by atoms with Crippen molar-refractivity contribution in [1.29, 1.82) is 0 Å². The maximum Gasteiger partial charge on any atom is 0.328 e. The predicted molar refractivity (Wildman–Crippen MR) is 114 cm³/mol. The molecule has 4 unspecified atom stereocenters. The van der Waals surface area contributed by atoms with Crippen LogP contribution < -0.4 is 27.4 Å². The van der Waals surface area contributed by atoms with E-state index >= 15 is 0 Å². The molecule has 0 aromatic heterocycles. The number of benzene rings is 1. The lowest BCUT2D eigenvalue weighted by molar-refractivity contribution is -0.145. The van der Waals surface area contributed by atoms with Crippen LogP contribution in [0.1, 0.15) is 25.3 Å². The summed E-state index contributed by atoms with van der Waals surface area (Å²) < 4.78 is 0. The number of nitrogens with two attached hydrogens (primary N) is 2. The third kappa shape index (κ3) is 9.53. The van der Waals surface area contributed by atoms with E-state index in [1.165, 1.54) is 31.2 Å². The van der Waals surface area contributed by atoms with Crippen LogP contribution in [0.3, 0.4) is 0 Å². The molecule has 1 aromatic carbocycles. The zero-order chi connectivity index (χ0) is 25.1. The molecule has 0 fully saturated rings. The molecule has 0 aliphatic heterocycles. The quantitative estimate of drug-likeness (QED) is 0.148. The summed E-state index contributed by atoms with van der Waals surface area (Å²) in [6.07, 6.45) is -1.94. The highest BCUT2D eigenvalue weighted by Crippen LogP contribution is 2.12. The van der Waals surface area contributed by atoms with E-state index in [0.29, 0.717) is 5.56 Å². The van der Waals surface area contributed by atoms with Crippen molar-refractivity contribution in [3.63, 3.8) is 0 Å². The molecule has 0 bridgehead atoms. The van der Waals surface area contributed by atoms with Crippen LogP contribution in [0.25, 0.3) is 0 Å². The summed E-state index contributed by atoms with van der Waals surface area (Å²) in [5.41, 5.74) is 10.9. The van der Waals surface area contributed by atoms with E-state index < -0.39 is 60.4 Å². The van der Waals surface area contributed by atoms with E-state index in [0.717, 1.165) is 0 Å². The Morgan fingerprint density at radius 3 is 2.03 bits per heavy atom. The van der Waals surface area contributed by atoms with E-state index in [-0.39, 0.29) is 25.0 Å². The first kappa shape index (κ1) is 27.3. The van der Waals surface area contributed by atoms with Gasteiger partial charge in [-0.2, -0.15) is 0 Å². The van der Waals surface area contributed by atoms with Gasteiger partial charge in [0.15, 0.2) is 6.04 Å². The number of aromatic hydroxyl groups is 1. The SMILES string of the molecule is CC(O)C(NC(=O)C(Cc1ccc(O)cc1)NC(=O)C(CCC(N)=O)NC(=O)CN)C(=O)O. The fourth-order valence-electron chi connectivity index (χ4n) is 2.80. The van der Waals surface area contributed by atoms with E-state index in [4.69, 9.17) is 11.5 Å². The van der Waals surface area contributed by atoms with Gasteiger partial charge in [-0.25, -0.2) is 4.79 Å². The number of carbonyl (C=O) groups is 5. The number of hydrogen-bond donors (Lipinski definition) is 8. The van der Waals surface area contributed by atoms with E-state index in [2.05, 4.69) is 16.0 Å². The van der Waals surface area contributed by atoms with Crippen molar-refractivity contribution in [2.75, 3.05) is 6.54 Å². The van der Waals surface area contributed by atoms with Gasteiger partial charge in [0, 0.05) is 12.8 Å². The fraction of sp³-hybridized carbons (Fsp3) is 0.450. The molecule has 1 rings (SSSR count). The molecule has 13 nitrogen and oxygen atoms in total. The van der Waals surface area contributed by atoms with Crippen LogP contribution in [0.5, 0.6) is 5.75 Å². The molecule has 0 heterocycles. The molecule has 0 radical (unpaired) electrons. The molecule has 0 aliphatic carbocycles. The number of carbonyl (C=O) groups excluding carboxylic acids is 4. The Bertz CT molecular complexity index is 859. The van der Waals surface area contributed by atoms with Crippen molar-refractivity contribution < 1.29 is 39.3 Å². The predicted octanol–water partition coefficient (Wildman–Crippen LogP) is -2.92. The lowest BCUT2D eigenvalue weighted by Crippen LogP contribution is -2.58. The second kappa shape index (κ2) is 13.0. The van der Waals surface area contributed by atoms with Crippen LogP contribution in [-0.2, 0) is 30.4 Å². The van der Waals surface area contributed by atoms with Crippen LogP contribution >= 0.6 is 0 Å². The fourth-order valence-corrected chi connectivity index (χ4v) is 2.80. The number of carboxylic acid groups (broad SMARTS) is 1. The zero-order valence-electron chi connectivity index (χ0n) is 18.0. The maximum absolute atomic E-state index is 12.8. The number of aliphatic hydroxyl groups excluding tert-OH is 1. The number of phenolic OH excluding ortho intramolecular Hbond substituents is 1. The molecule has 4 atom stereocenters. The van der Waals surface area contributed by atoms with Crippen LogP contribution in [0, 0.1) is 0 Å². The maximum atomic E-state index is 12.8. The number of hydrogen-bond acceptors (Lipinski definition) is 8. The van der Waals surface area contributed by atoms with Gasteiger partial charge >= 0.3 is 5.97 Å². The van der Waals surface area contributed by atoms with Gasteiger partial charge in [0.2, 0.25) is 23.6 Å². The highest BCUT2D eigenvalue weighted by atomic mass is 16.4. The first-order valence-electron chi connectivity index (χ1n) is 10.0. The average Bonchev–Trinajstić information content (AvgIpc) is 2.74. The number of nitrogens with one attached hydrogen (secondary N) is 3. The Labute approximate surface area is 189 Å². The van der Waals surface area contributed by atoms with Crippen LogP contribution in [0.15, 0.2) is 24.3 Å². The third-order valence-electron chi connectivity index (χ3n) is 4.57. The Morgan fingerprint density at radius 2 is 1.55 bits per heavy atom. The minimum atomic E-state index is -1.64. The van der Waals surface area contributed by atoms with Crippen molar-refractivity contribution >= 4 is 29.6 Å². The number of aliphatic carboxylic acids is 1. The molecule has 0 saturated carbocycles. The molecule has 10 N–H and O–H groups in total. The Hall–Kier alpha value is -3.71. The first-order chi connectivity index (χ1) is 15.4. The molecule has 0 spiro atoms. The Balaban J connectivity index is 3.13. The topological polar surface area (TPSA) is 234 Å². The molecular weight excluding hydrogens is 438 g/mol. The summed E-state index contributed by atoms with van der Waals surface area (Å²) in [5, 5.41) is 35.2. The van der Waals surface area contributed by atoms with Gasteiger partial charge in [0.05, 0.1) is 12.6 Å². The molecule has 33 heavy (non-hydrogen) atoms. The lowest BCUT2D eigenvalue weighted by atomic mass is 10.0. The minimum absolute atomic E-state index is 0.0279.